The van der Waals surface area contributed by atoms with Crippen LogP contribution in [0.15, 0.2) is 36.5 Å². The number of para-hydroxylation sites is 1. The normalized spacial score (nSPS) is 20.3. The van der Waals surface area contributed by atoms with Crippen molar-refractivity contribution in [2.75, 3.05) is 20.1 Å². The van der Waals surface area contributed by atoms with Gasteiger partial charge in [-0.1, -0.05) is 24.3 Å². The van der Waals surface area contributed by atoms with Crippen LogP contribution in [0.3, 0.4) is 0 Å². The molecule has 1 unspecified atom stereocenters. The molecule has 1 N–H and O–H groups in total. The fraction of sp³-hybridized carbons (Fsp3) is 0.438. The second-order valence-electron chi connectivity index (χ2n) is 5.73. The van der Waals surface area contributed by atoms with E-state index in [-0.39, 0.29) is 11.8 Å². The lowest BCUT2D eigenvalue weighted by molar-refractivity contribution is 0.292. The summed E-state index contributed by atoms with van der Waals surface area (Å²) in [7, 11) is -1.43. The first-order valence-electron chi connectivity index (χ1n) is 7.58. The first-order chi connectivity index (χ1) is 10.6. The van der Waals surface area contributed by atoms with Crippen molar-refractivity contribution >= 4 is 20.9 Å². The topological polar surface area (TPSA) is 62.3 Å². The van der Waals surface area contributed by atoms with Crippen molar-refractivity contribution in [3.63, 3.8) is 0 Å². The molecular formula is C16H21N3O2S. The summed E-state index contributed by atoms with van der Waals surface area (Å²) < 4.78 is 27.1. The molecule has 1 aromatic heterocycles. The van der Waals surface area contributed by atoms with Gasteiger partial charge in [-0.3, -0.25) is 4.98 Å². The summed E-state index contributed by atoms with van der Waals surface area (Å²) in [6.07, 6.45) is 3.63. The number of rotatable bonds is 4. The molecule has 5 nitrogen and oxygen atoms in total. The molecule has 0 radical (unpaired) electrons. The van der Waals surface area contributed by atoms with Crippen molar-refractivity contribution in [3.8, 4) is 0 Å². The van der Waals surface area contributed by atoms with Crippen LogP contribution in [-0.4, -0.2) is 43.9 Å². The number of aromatic nitrogens is 1. The number of nitrogens with zero attached hydrogens (tertiary/aromatic N) is 2. The fourth-order valence-electron chi connectivity index (χ4n) is 3.00. The molecule has 0 saturated carbocycles. The standard InChI is InChI=1S/C16H21N3O2S/c1-17-15-8-4-10-19(11-15)22(20,21)12-14-6-2-5-13-7-3-9-18-16(13)14/h2-3,5-7,9,15,17H,4,8,10-12H2,1H3. The Morgan fingerprint density at radius 2 is 2.14 bits per heavy atom. The van der Waals surface area contributed by atoms with Crippen molar-refractivity contribution in [2.24, 2.45) is 0 Å². The molecule has 1 aromatic carbocycles. The Bertz CT molecular complexity index is 756. The Kier molecular flexibility index (Phi) is 4.42. The SMILES string of the molecule is CNC1CCCN(S(=O)(=O)Cc2cccc3cccnc23)C1. The minimum atomic E-state index is -3.32. The second-order valence-corrected chi connectivity index (χ2v) is 7.70. The van der Waals surface area contributed by atoms with Gasteiger partial charge in [0.15, 0.2) is 0 Å². The van der Waals surface area contributed by atoms with Crippen molar-refractivity contribution in [1.82, 2.24) is 14.6 Å². The summed E-state index contributed by atoms with van der Waals surface area (Å²) in [6, 6.07) is 9.76. The molecule has 22 heavy (non-hydrogen) atoms. The molecular weight excluding hydrogens is 298 g/mol. The Balaban J connectivity index is 1.87. The summed E-state index contributed by atoms with van der Waals surface area (Å²) >= 11 is 0. The molecule has 1 fully saturated rings. The number of fused-ring (bicyclic) bond motifs is 1. The van der Waals surface area contributed by atoms with E-state index in [0.29, 0.717) is 13.1 Å². The van der Waals surface area contributed by atoms with E-state index in [9.17, 15) is 8.42 Å². The number of pyridine rings is 1. The molecule has 118 valence electrons. The Labute approximate surface area is 131 Å². The summed E-state index contributed by atoms with van der Waals surface area (Å²) in [5, 5.41) is 4.16. The Morgan fingerprint density at radius 3 is 2.95 bits per heavy atom. The highest BCUT2D eigenvalue weighted by Crippen LogP contribution is 2.22. The number of hydrogen-bond acceptors (Lipinski definition) is 4. The molecule has 1 atom stereocenters. The second kappa shape index (κ2) is 6.32. The number of hydrogen-bond donors (Lipinski definition) is 1. The maximum atomic E-state index is 12.7. The highest BCUT2D eigenvalue weighted by Gasteiger charge is 2.28. The van der Waals surface area contributed by atoms with Gasteiger partial charge in [0.1, 0.15) is 0 Å². The zero-order valence-electron chi connectivity index (χ0n) is 12.7. The van der Waals surface area contributed by atoms with Gasteiger partial charge in [0.25, 0.3) is 0 Å². The van der Waals surface area contributed by atoms with Gasteiger partial charge in [-0.2, -0.15) is 0 Å². The van der Waals surface area contributed by atoms with Crippen LogP contribution in [0.1, 0.15) is 18.4 Å². The van der Waals surface area contributed by atoms with Crippen LogP contribution in [0.5, 0.6) is 0 Å². The number of benzene rings is 1. The van der Waals surface area contributed by atoms with E-state index < -0.39 is 10.0 Å². The first-order valence-corrected chi connectivity index (χ1v) is 9.19. The number of sulfonamides is 1. The highest BCUT2D eigenvalue weighted by molar-refractivity contribution is 7.88. The fourth-order valence-corrected chi connectivity index (χ4v) is 4.63. The number of nitrogens with one attached hydrogen (secondary N) is 1. The molecule has 1 saturated heterocycles. The van der Waals surface area contributed by atoms with Gasteiger partial charge in [-0.25, -0.2) is 12.7 Å². The minimum absolute atomic E-state index is 0.0117. The van der Waals surface area contributed by atoms with Gasteiger partial charge in [0, 0.05) is 30.7 Å². The molecule has 6 heteroatoms. The zero-order valence-corrected chi connectivity index (χ0v) is 13.5. The lowest BCUT2D eigenvalue weighted by Crippen LogP contribution is -2.47. The summed E-state index contributed by atoms with van der Waals surface area (Å²) in [4.78, 5) is 4.35. The third kappa shape index (κ3) is 3.14. The van der Waals surface area contributed by atoms with Crippen LogP contribution >= 0.6 is 0 Å². The molecule has 0 aliphatic carbocycles. The van der Waals surface area contributed by atoms with Gasteiger partial charge in [0.05, 0.1) is 11.3 Å². The average Bonchev–Trinajstić information content (AvgIpc) is 2.55. The monoisotopic (exact) mass is 319 g/mol. The maximum Gasteiger partial charge on any atom is 0.218 e. The van der Waals surface area contributed by atoms with Crippen molar-refractivity contribution in [3.05, 3.63) is 42.1 Å². The van der Waals surface area contributed by atoms with E-state index in [1.165, 1.54) is 0 Å². The Morgan fingerprint density at radius 1 is 1.32 bits per heavy atom. The van der Waals surface area contributed by atoms with Gasteiger partial charge in [0.2, 0.25) is 10.0 Å². The molecule has 0 amide bonds. The molecule has 3 rings (SSSR count). The van der Waals surface area contributed by atoms with Crippen LogP contribution in [-0.2, 0) is 15.8 Å². The maximum absolute atomic E-state index is 12.7. The summed E-state index contributed by atoms with van der Waals surface area (Å²) in [5.74, 6) is 0.0117. The number of likely N-dealkylation sites (N-methyl/N-ethyl adjacent to an activating group) is 1. The van der Waals surface area contributed by atoms with E-state index in [1.807, 2.05) is 37.4 Å². The predicted molar refractivity (Wildman–Crippen MR) is 88.0 cm³/mol. The molecule has 2 aromatic rings. The third-order valence-corrected chi connectivity index (χ3v) is 6.03. The lowest BCUT2D eigenvalue weighted by atomic mass is 10.1. The highest BCUT2D eigenvalue weighted by atomic mass is 32.2. The van der Waals surface area contributed by atoms with Crippen LogP contribution in [0.25, 0.3) is 10.9 Å². The Hall–Kier alpha value is -1.50. The summed E-state index contributed by atoms with van der Waals surface area (Å²) in [6.45, 7) is 1.16. The molecule has 0 spiro atoms. The number of piperidine rings is 1. The largest absolute Gasteiger partial charge is 0.316 e. The quantitative estimate of drug-likeness (QED) is 0.932. The molecule has 1 aliphatic rings. The smallest absolute Gasteiger partial charge is 0.218 e. The van der Waals surface area contributed by atoms with Gasteiger partial charge < -0.3 is 5.32 Å². The zero-order chi connectivity index (χ0) is 15.6. The van der Waals surface area contributed by atoms with Gasteiger partial charge >= 0.3 is 0 Å². The van der Waals surface area contributed by atoms with E-state index in [4.69, 9.17) is 0 Å². The van der Waals surface area contributed by atoms with E-state index in [2.05, 4.69) is 10.3 Å². The van der Waals surface area contributed by atoms with Crippen LogP contribution in [0, 0.1) is 0 Å². The van der Waals surface area contributed by atoms with Gasteiger partial charge in [-0.05, 0) is 31.5 Å². The van der Waals surface area contributed by atoms with E-state index in [0.717, 1.165) is 29.3 Å². The lowest BCUT2D eigenvalue weighted by Gasteiger charge is -2.31. The van der Waals surface area contributed by atoms with Crippen LogP contribution in [0.4, 0.5) is 0 Å². The minimum Gasteiger partial charge on any atom is -0.316 e. The average molecular weight is 319 g/mol. The van der Waals surface area contributed by atoms with E-state index >= 15 is 0 Å². The molecule has 1 aliphatic heterocycles. The van der Waals surface area contributed by atoms with Crippen molar-refractivity contribution < 1.29 is 8.42 Å². The van der Waals surface area contributed by atoms with Crippen molar-refractivity contribution in [1.29, 1.82) is 0 Å². The van der Waals surface area contributed by atoms with Crippen LogP contribution < -0.4 is 5.32 Å². The molecule has 0 bridgehead atoms. The van der Waals surface area contributed by atoms with Crippen molar-refractivity contribution in [2.45, 2.75) is 24.6 Å². The van der Waals surface area contributed by atoms with E-state index in [1.54, 1.807) is 10.5 Å². The van der Waals surface area contributed by atoms with Crippen LogP contribution in [0.2, 0.25) is 0 Å². The summed E-state index contributed by atoms with van der Waals surface area (Å²) in [5.41, 5.74) is 1.54. The first kappa shape index (κ1) is 15.4. The molecule has 2 heterocycles. The predicted octanol–water partition coefficient (Wildman–Crippen LogP) is 1.75. The van der Waals surface area contributed by atoms with Gasteiger partial charge in [-0.15, -0.1) is 0 Å². The third-order valence-electron chi connectivity index (χ3n) is 4.24.